The van der Waals surface area contributed by atoms with Crippen LogP contribution in [-0.4, -0.2) is 25.0 Å². The van der Waals surface area contributed by atoms with E-state index in [1.807, 2.05) is 0 Å². The lowest BCUT2D eigenvalue weighted by molar-refractivity contribution is -0.156. The van der Waals surface area contributed by atoms with Gasteiger partial charge in [-0.3, -0.25) is 9.59 Å². The molecule has 1 heterocycles. The van der Waals surface area contributed by atoms with Crippen molar-refractivity contribution in [1.82, 2.24) is 5.32 Å². The fourth-order valence-electron chi connectivity index (χ4n) is 6.36. The minimum absolute atomic E-state index is 0.0166. The fraction of sp³-hybridized carbons (Fsp3) is 0.800. The van der Waals surface area contributed by atoms with Crippen molar-refractivity contribution in [1.29, 1.82) is 0 Å². The average molecular weight is 331 g/mol. The Bertz CT molecular complexity index is 624. The zero-order chi connectivity index (χ0) is 17.1. The van der Waals surface area contributed by atoms with E-state index < -0.39 is 5.92 Å². The predicted octanol–water partition coefficient (Wildman–Crippen LogP) is 3.36. The van der Waals surface area contributed by atoms with Crippen LogP contribution in [-0.2, 0) is 14.3 Å². The number of nitrogens with one attached hydrogen (secondary N) is 1. The molecule has 0 aromatic carbocycles. The maximum Gasteiger partial charge on any atom is 0.318 e. The summed E-state index contributed by atoms with van der Waals surface area (Å²) in [6, 6.07) is 0.200. The molecule has 0 radical (unpaired) electrons. The third-order valence-electron chi connectivity index (χ3n) is 7.73. The van der Waals surface area contributed by atoms with Crippen molar-refractivity contribution in [3.8, 4) is 0 Å². The summed E-state index contributed by atoms with van der Waals surface area (Å²) in [6.07, 6.45) is 9.15. The second-order valence-corrected chi connectivity index (χ2v) is 8.89. The van der Waals surface area contributed by atoms with Crippen molar-refractivity contribution >= 4 is 11.9 Å². The van der Waals surface area contributed by atoms with Crippen LogP contribution in [0, 0.1) is 22.7 Å². The minimum Gasteiger partial charge on any atom is -0.468 e. The largest absolute Gasteiger partial charge is 0.468 e. The smallest absolute Gasteiger partial charge is 0.318 e. The first kappa shape index (κ1) is 16.2. The number of methoxy groups -OCH3 is 1. The van der Waals surface area contributed by atoms with Gasteiger partial charge in [0.15, 0.2) is 0 Å². The van der Waals surface area contributed by atoms with Crippen LogP contribution in [0.2, 0.25) is 0 Å². The van der Waals surface area contributed by atoms with E-state index in [1.54, 1.807) is 11.1 Å². The van der Waals surface area contributed by atoms with Crippen LogP contribution in [0.3, 0.4) is 0 Å². The van der Waals surface area contributed by atoms with Crippen LogP contribution in [0.15, 0.2) is 11.1 Å². The van der Waals surface area contributed by atoms with Crippen LogP contribution in [0.4, 0.5) is 0 Å². The van der Waals surface area contributed by atoms with E-state index in [1.165, 1.54) is 39.2 Å². The van der Waals surface area contributed by atoms with E-state index in [2.05, 4.69) is 19.2 Å². The van der Waals surface area contributed by atoms with E-state index >= 15 is 0 Å². The summed E-state index contributed by atoms with van der Waals surface area (Å²) in [6.45, 7) is 4.75. The summed E-state index contributed by atoms with van der Waals surface area (Å²) in [4.78, 5) is 24.5. The van der Waals surface area contributed by atoms with Gasteiger partial charge in [-0.2, -0.15) is 0 Å². The van der Waals surface area contributed by atoms with E-state index in [4.69, 9.17) is 4.74 Å². The number of esters is 1. The van der Waals surface area contributed by atoms with Gasteiger partial charge in [0, 0.05) is 6.04 Å². The van der Waals surface area contributed by atoms with Crippen molar-refractivity contribution in [2.75, 3.05) is 7.11 Å². The molecule has 4 heteroatoms. The molecule has 2 unspecified atom stereocenters. The lowest BCUT2D eigenvalue weighted by Gasteiger charge is -2.56. The highest BCUT2D eigenvalue weighted by atomic mass is 16.5. The molecule has 0 bridgehead atoms. The first-order chi connectivity index (χ1) is 11.4. The normalized spacial score (nSPS) is 44.3. The highest BCUT2D eigenvalue weighted by molar-refractivity contribution is 5.98. The SMILES string of the molecule is COC(=O)C1C[C@@]2(C)C(CCC3=C4CCC[C@@]4(C)CC[C@H]32)NC1=O. The Balaban J connectivity index is 1.71. The number of hydrogen-bond acceptors (Lipinski definition) is 3. The lowest BCUT2D eigenvalue weighted by atomic mass is 9.52. The number of carbonyl (C=O) groups excluding carboxylic acids is 2. The first-order valence-electron chi connectivity index (χ1n) is 9.50. The topological polar surface area (TPSA) is 55.4 Å². The van der Waals surface area contributed by atoms with Crippen molar-refractivity contribution in [2.24, 2.45) is 22.7 Å². The lowest BCUT2D eigenvalue weighted by Crippen LogP contribution is -2.61. The van der Waals surface area contributed by atoms with Gasteiger partial charge in [-0.1, -0.05) is 25.0 Å². The minimum atomic E-state index is -0.641. The molecule has 1 N–H and O–H groups in total. The Hall–Kier alpha value is -1.32. The second kappa shape index (κ2) is 5.34. The number of hydrogen-bond donors (Lipinski definition) is 1. The molecule has 24 heavy (non-hydrogen) atoms. The third kappa shape index (κ3) is 2.11. The molecular weight excluding hydrogens is 302 g/mol. The molecule has 5 atom stereocenters. The van der Waals surface area contributed by atoms with Gasteiger partial charge in [-0.15, -0.1) is 0 Å². The number of ether oxygens (including phenoxy) is 1. The molecule has 1 aliphatic heterocycles. The van der Waals surface area contributed by atoms with Crippen molar-refractivity contribution in [3.63, 3.8) is 0 Å². The Morgan fingerprint density at radius 3 is 2.75 bits per heavy atom. The molecule has 132 valence electrons. The Kier molecular flexibility index (Phi) is 3.59. The van der Waals surface area contributed by atoms with Gasteiger partial charge in [0.1, 0.15) is 5.92 Å². The molecule has 0 aromatic heterocycles. The van der Waals surface area contributed by atoms with Gasteiger partial charge in [0.25, 0.3) is 0 Å². The van der Waals surface area contributed by atoms with E-state index in [0.29, 0.717) is 17.8 Å². The molecule has 0 spiro atoms. The molecule has 0 aromatic rings. The summed E-state index contributed by atoms with van der Waals surface area (Å²) in [7, 11) is 1.38. The molecule has 2 saturated carbocycles. The van der Waals surface area contributed by atoms with Gasteiger partial charge in [-0.05, 0) is 68.1 Å². The highest BCUT2D eigenvalue weighted by Crippen LogP contribution is 2.61. The molecule has 1 saturated heterocycles. The number of amides is 1. The van der Waals surface area contributed by atoms with Gasteiger partial charge < -0.3 is 10.1 Å². The van der Waals surface area contributed by atoms with Crippen LogP contribution in [0.25, 0.3) is 0 Å². The average Bonchev–Trinajstić information content (AvgIpc) is 2.96. The summed E-state index contributed by atoms with van der Waals surface area (Å²) in [5.74, 6) is -0.641. The summed E-state index contributed by atoms with van der Waals surface area (Å²) >= 11 is 0. The van der Waals surface area contributed by atoms with Crippen molar-refractivity contribution in [3.05, 3.63) is 11.1 Å². The Morgan fingerprint density at radius 2 is 2.00 bits per heavy atom. The van der Waals surface area contributed by atoms with E-state index in [9.17, 15) is 9.59 Å². The van der Waals surface area contributed by atoms with E-state index in [-0.39, 0.29) is 23.3 Å². The van der Waals surface area contributed by atoms with Crippen LogP contribution in [0.5, 0.6) is 0 Å². The van der Waals surface area contributed by atoms with Crippen molar-refractivity contribution in [2.45, 2.75) is 71.3 Å². The van der Waals surface area contributed by atoms with Gasteiger partial charge in [0.2, 0.25) is 5.91 Å². The van der Waals surface area contributed by atoms with Crippen LogP contribution < -0.4 is 5.32 Å². The number of fused-ring (bicyclic) bond motifs is 4. The van der Waals surface area contributed by atoms with E-state index in [0.717, 1.165) is 12.8 Å². The fourth-order valence-corrected chi connectivity index (χ4v) is 6.36. The summed E-state index contributed by atoms with van der Waals surface area (Å²) in [5, 5.41) is 3.16. The molecular formula is C20H29NO3. The Morgan fingerprint density at radius 1 is 1.21 bits per heavy atom. The second-order valence-electron chi connectivity index (χ2n) is 8.89. The Labute approximate surface area is 144 Å². The van der Waals surface area contributed by atoms with Crippen LogP contribution >= 0.6 is 0 Å². The third-order valence-corrected chi connectivity index (χ3v) is 7.73. The molecule has 1 amide bonds. The predicted molar refractivity (Wildman–Crippen MR) is 91.1 cm³/mol. The van der Waals surface area contributed by atoms with Crippen molar-refractivity contribution < 1.29 is 14.3 Å². The monoisotopic (exact) mass is 331 g/mol. The van der Waals surface area contributed by atoms with Crippen LogP contribution in [0.1, 0.15) is 65.2 Å². The maximum atomic E-state index is 12.4. The number of carbonyl (C=O) groups is 2. The van der Waals surface area contributed by atoms with Gasteiger partial charge >= 0.3 is 5.97 Å². The highest BCUT2D eigenvalue weighted by Gasteiger charge is 2.56. The van der Waals surface area contributed by atoms with Gasteiger partial charge in [-0.25, -0.2) is 0 Å². The molecule has 3 fully saturated rings. The van der Waals surface area contributed by atoms with Gasteiger partial charge in [0.05, 0.1) is 7.11 Å². The zero-order valence-corrected chi connectivity index (χ0v) is 15.1. The molecule has 4 nitrogen and oxygen atoms in total. The summed E-state index contributed by atoms with van der Waals surface area (Å²) < 4.78 is 4.89. The number of rotatable bonds is 1. The summed E-state index contributed by atoms with van der Waals surface area (Å²) in [5.41, 5.74) is 3.82. The standard InChI is InChI=1S/C20H29NO3/c1-19-9-4-5-14(19)12-6-7-16-20(2,15(12)8-10-19)11-13(17(22)21-16)18(23)24-3/h13,15-16H,4-11H2,1-3H3,(H,21,22)/t13?,15-,16?,19+,20-/m1/s1. The number of allylic oxidation sites excluding steroid dienone is 2. The first-order valence-corrected chi connectivity index (χ1v) is 9.50. The number of piperidine rings is 1. The molecule has 4 rings (SSSR count). The quantitative estimate of drug-likeness (QED) is 0.455. The zero-order valence-electron chi connectivity index (χ0n) is 15.1. The molecule has 4 aliphatic rings. The molecule has 3 aliphatic carbocycles. The maximum absolute atomic E-state index is 12.4.